The summed E-state index contributed by atoms with van der Waals surface area (Å²) < 4.78 is 5.16. The lowest BCUT2D eigenvalue weighted by Gasteiger charge is -2.08. The second-order valence-corrected chi connectivity index (χ2v) is 3.59. The smallest absolute Gasteiger partial charge is 0.315 e. The second-order valence-electron chi connectivity index (χ2n) is 3.59. The summed E-state index contributed by atoms with van der Waals surface area (Å²) in [4.78, 5) is 11.1. The topological polar surface area (TPSA) is 26.3 Å². The van der Waals surface area contributed by atoms with Crippen LogP contribution in [0.5, 0.6) is 5.75 Å². The zero-order valence-corrected chi connectivity index (χ0v) is 8.10. The number of hydrogen-bond acceptors (Lipinski definition) is 2. The van der Waals surface area contributed by atoms with Gasteiger partial charge in [-0.2, -0.15) is 0 Å². The van der Waals surface area contributed by atoms with E-state index < -0.39 is 0 Å². The highest BCUT2D eigenvalue weighted by Gasteiger charge is 2.24. The maximum absolute atomic E-state index is 11.1. The Morgan fingerprint density at radius 3 is 2.62 bits per heavy atom. The fourth-order valence-electron chi connectivity index (χ4n) is 1.76. The molecule has 13 heavy (non-hydrogen) atoms. The van der Waals surface area contributed by atoms with Crippen LogP contribution in [0.2, 0.25) is 0 Å². The van der Waals surface area contributed by atoms with Gasteiger partial charge >= 0.3 is 5.97 Å². The van der Waals surface area contributed by atoms with Gasteiger partial charge in [-0.25, -0.2) is 0 Å². The number of ether oxygens (including phenoxy) is 1. The number of fused-ring (bicyclic) bond motifs is 1. The molecule has 2 nitrogen and oxygen atoms in total. The van der Waals surface area contributed by atoms with E-state index in [1.165, 1.54) is 5.56 Å². The number of carbonyl (C=O) groups is 1. The van der Waals surface area contributed by atoms with Crippen LogP contribution in [0.4, 0.5) is 0 Å². The van der Waals surface area contributed by atoms with E-state index in [0.29, 0.717) is 6.42 Å². The maximum Gasteiger partial charge on any atom is 0.315 e. The van der Waals surface area contributed by atoms with E-state index in [0.717, 1.165) is 22.4 Å². The van der Waals surface area contributed by atoms with Gasteiger partial charge in [0.1, 0.15) is 5.75 Å². The Morgan fingerprint density at radius 2 is 1.92 bits per heavy atom. The van der Waals surface area contributed by atoms with Crippen LogP contribution in [0.15, 0.2) is 6.07 Å². The van der Waals surface area contributed by atoms with Crippen molar-refractivity contribution in [2.75, 3.05) is 0 Å². The van der Waals surface area contributed by atoms with E-state index in [9.17, 15) is 4.79 Å². The highest BCUT2D eigenvalue weighted by Crippen LogP contribution is 2.34. The number of carbonyl (C=O) groups excluding carboxylic acids is 1. The van der Waals surface area contributed by atoms with Gasteiger partial charge in [0.25, 0.3) is 0 Å². The van der Waals surface area contributed by atoms with Crippen molar-refractivity contribution in [1.82, 2.24) is 0 Å². The fourth-order valence-corrected chi connectivity index (χ4v) is 1.76. The van der Waals surface area contributed by atoms with E-state index in [4.69, 9.17) is 4.74 Å². The van der Waals surface area contributed by atoms with Crippen LogP contribution in [-0.4, -0.2) is 5.97 Å². The molecule has 0 aliphatic carbocycles. The molecular formula is C11H12O2. The minimum atomic E-state index is -0.133. The van der Waals surface area contributed by atoms with Crippen molar-refractivity contribution >= 4 is 5.97 Å². The first-order chi connectivity index (χ1) is 6.09. The highest BCUT2D eigenvalue weighted by molar-refractivity contribution is 5.82. The molecule has 0 saturated carbocycles. The van der Waals surface area contributed by atoms with Crippen molar-refractivity contribution in [3.05, 3.63) is 28.3 Å². The minimum absolute atomic E-state index is 0.133. The molecule has 1 aliphatic heterocycles. The summed E-state index contributed by atoms with van der Waals surface area (Å²) >= 11 is 0. The van der Waals surface area contributed by atoms with Gasteiger partial charge in [-0.05, 0) is 37.5 Å². The van der Waals surface area contributed by atoms with Gasteiger partial charge < -0.3 is 4.74 Å². The third kappa shape index (κ3) is 1.13. The van der Waals surface area contributed by atoms with Crippen molar-refractivity contribution in [3.63, 3.8) is 0 Å². The van der Waals surface area contributed by atoms with E-state index in [1.54, 1.807) is 0 Å². The Bertz CT molecular complexity index is 392. The first-order valence-corrected chi connectivity index (χ1v) is 4.40. The predicted molar refractivity (Wildman–Crippen MR) is 50.0 cm³/mol. The van der Waals surface area contributed by atoms with Gasteiger partial charge in [0, 0.05) is 5.56 Å². The van der Waals surface area contributed by atoms with Crippen molar-refractivity contribution in [1.29, 1.82) is 0 Å². The highest BCUT2D eigenvalue weighted by atomic mass is 16.5. The molecule has 1 aromatic rings. The summed E-state index contributed by atoms with van der Waals surface area (Å²) in [7, 11) is 0. The molecule has 1 aromatic carbocycles. The van der Waals surface area contributed by atoms with Crippen molar-refractivity contribution in [2.24, 2.45) is 0 Å². The molecule has 0 bridgehead atoms. The SMILES string of the molecule is Cc1cc(C)c2c(c1C)OC(=O)C2. The van der Waals surface area contributed by atoms with Crippen molar-refractivity contribution in [3.8, 4) is 5.75 Å². The lowest BCUT2D eigenvalue weighted by molar-refractivity contribution is -0.131. The molecule has 0 unspecified atom stereocenters. The Kier molecular flexibility index (Phi) is 1.65. The quantitative estimate of drug-likeness (QED) is 0.447. The predicted octanol–water partition coefficient (Wildman–Crippen LogP) is 2.07. The Labute approximate surface area is 77.5 Å². The molecule has 2 rings (SSSR count). The van der Waals surface area contributed by atoms with Crippen molar-refractivity contribution in [2.45, 2.75) is 27.2 Å². The van der Waals surface area contributed by atoms with Gasteiger partial charge in [-0.1, -0.05) is 6.07 Å². The molecule has 0 radical (unpaired) electrons. The lowest BCUT2D eigenvalue weighted by atomic mass is 9.99. The molecular weight excluding hydrogens is 164 g/mol. The molecule has 1 heterocycles. The first kappa shape index (κ1) is 8.30. The summed E-state index contributed by atoms with van der Waals surface area (Å²) in [5.74, 6) is 0.661. The molecule has 0 saturated heterocycles. The number of benzene rings is 1. The fraction of sp³-hybridized carbons (Fsp3) is 0.364. The van der Waals surface area contributed by atoms with E-state index in [2.05, 4.69) is 6.07 Å². The monoisotopic (exact) mass is 176 g/mol. The minimum Gasteiger partial charge on any atom is -0.426 e. The first-order valence-electron chi connectivity index (χ1n) is 4.40. The summed E-state index contributed by atoms with van der Waals surface area (Å²) in [6.07, 6.45) is 0.433. The molecule has 0 amide bonds. The zero-order chi connectivity index (χ0) is 9.59. The summed E-state index contributed by atoms with van der Waals surface area (Å²) in [6, 6.07) is 2.11. The Morgan fingerprint density at radius 1 is 1.23 bits per heavy atom. The molecule has 1 aliphatic rings. The van der Waals surface area contributed by atoms with Gasteiger partial charge in [-0.3, -0.25) is 4.79 Å². The molecule has 2 heteroatoms. The van der Waals surface area contributed by atoms with Gasteiger partial charge in [-0.15, -0.1) is 0 Å². The molecule has 0 aromatic heterocycles. The summed E-state index contributed by atoms with van der Waals surface area (Å²) in [5.41, 5.74) is 4.49. The average Bonchev–Trinajstić information content (AvgIpc) is 2.44. The van der Waals surface area contributed by atoms with Crippen LogP contribution < -0.4 is 4.74 Å². The lowest BCUT2D eigenvalue weighted by Crippen LogP contribution is -2.00. The average molecular weight is 176 g/mol. The largest absolute Gasteiger partial charge is 0.426 e. The number of esters is 1. The van der Waals surface area contributed by atoms with Crippen molar-refractivity contribution < 1.29 is 9.53 Å². The van der Waals surface area contributed by atoms with Gasteiger partial charge in [0.15, 0.2) is 0 Å². The van der Waals surface area contributed by atoms with Gasteiger partial charge in [0.2, 0.25) is 0 Å². The number of rotatable bonds is 0. The molecule has 68 valence electrons. The third-order valence-electron chi connectivity index (χ3n) is 2.65. The zero-order valence-electron chi connectivity index (χ0n) is 8.10. The van der Waals surface area contributed by atoms with Crippen LogP contribution in [0, 0.1) is 20.8 Å². The van der Waals surface area contributed by atoms with Crippen LogP contribution in [-0.2, 0) is 11.2 Å². The standard InChI is InChI=1S/C11H12O2/c1-6-4-7(2)9-5-10(12)13-11(9)8(6)3/h4H,5H2,1-3H3. The van der Waals surface area contributed by atoms with E-state index >= 15 is 0 Å². The maximum atomic E-state index is 11.1. The second kappa shape index (κ2) is 2.59. The summed E-state index contributed by atoms with van der Waals surface area (Å²) in [5, 5.41) is 0. The summed E-state index contributed by atoms with van der Waals surface area (Å²) in [6.45, 7) is 6.05. The third-order valence-corrected chi connectivity index (χ3v) is 2.65. The van der Waals surface area contributed by atoms with Gasteiger partial charge in [0.05, 0.1) is 6.42 Å². The van der Waals surface area contributed by atoms with E-state index in [1.807, 2.05) is 20.8 Å². The van der Waals surface area contributed by atoms with Crippen LogP contribution in [0.3, 0.4) is 0 Å². The van der Waals surface area contributed by atoms with Crippen LogP contribution in [0.1, 0.15) is 22.3 Å². The van der Waals surface area contributed by atoms with Crippen LogP contribution >= 0.6 is 0 Å². The molecule has 0 N–H and O–H groups in total. The van der Waals surface area contributed by atoms with E-state index in [-0.39, 0.29) is 5.97 Å². The molecule has 0 spiro atoms. The van der Waals surface area contributed by atoms with Crippen LogP contribution in [0.25, 0.3) is 0 Å². The Balaban J connectivity index is 2.69. The number of aryl methyl sites for hydroxylation is 2. The molecule has 0 fully saturated rings. The normalized spacial score (nSPS) is 14.2. The number of hydrogen-bond donors (Lipinski definition) is 0. The Hall–Kier alpha value is -1.31. The molecule has 0 atom stereocenters.